The van der Waals surface area contributed by atoms with Crippen molar-refractivity contribution < 1.29 is 33.8 Å². The average molecular weight is 492 g/mol. The Labute approximate surface area is 206 Å². The minimum atomic E-state index is -1.36. The van der Waals surface area contributed by atoms with Crippen LogP contribution in [-0.2, 0) is 23.9 Å². The fraction of sp³-hybridized carbons (Fsp3) is 0.520. The number of alkyl carbamates (subject to hydrolysis) is 1. The first-order valence-corrected chi connectivity index (χ1v) is 11.5. The number of nitrogens with one attached hydrogen (secondary N) is 2. The first-order chi connectivity index (χ1) is 16.4. The van der Waals surface area contributed by atoms with E-state index in [-0.39, 0.29) is 26.1 Å². The van der Waals surface area contributed by atoms with Crippen LogP contribution in [0.5, 0.6) is 0 Å². The van der Waals surface area contributed by atoms with Gasteiger partial charge in [-0.05, 0) is 45.7 Å². The van der Waals surface area contributed by atoms with E-state index in [9.17, 15) is 24.3 Å². The van der Waals surface area contributed by atoms with E-state index < -0.39 is 48.2 Å². The van der Waals surface area contributed by atoms with E-state index in [4.69, 9.17) is 9.47 Å². The zero-order valence-electron chi connectivity index (χ0n) is 21.1. The van der Waals surface area contributed by atoms with E-state index in [2.05, 4.69) is 17.2 Å². The van der Waals surface area contributed by atoms with Gasteiger partial charge in [0.25, 0.3) is 0 Å². The van der Waals surface area contributed by atoms with Crippen LogP contribution in [0.4, 0.5) is 4.79 Å². The summed E-state index contributed by atoms with van der Waals surface area (Å²) in [6.07, 6.45) is 0.529. The highest BCUT2D eigenvalue weighted by Gasteiger charge is 2.36. The van der Waals surface area contributed by atoms with E-state index in [1.165, 1.54) is 11.0 Å². The largest absolute Gasteiger partial charge is 0.466 e. The van der Waals surface area contributed by atoms with E-state index in [1.807, 2.05) is 0 Å². The molecule has 2 unspecified atom stereocenters. The van der Waals surface area contributed by atoms with Gasteiger partial charge in [0.05, 0.1) is 19.6 Å². The second kappa shape index (κ2) is 14.1. The van der Waals surface area contributed by atoms with Gasteiger partial charge in [0.1, 0.15) is 17.7 Å². The summed E-state index contributed by atoms with van der Waals surface area (Å²) in [7, 11) is 0. The Kier molecular flexibility index (Phi) is 11.9. The topological polar surface area (TPSA) is 134 Å². The van der Waals surface area contributed by atoms with E-state index in [0.29, 0.717) is 5.56 Å². The number of hydrogen-bond acceptors (Lipinski definition) is 7. The fourth-order valence-corrected chi connectivity index (χ4v) is 3.26. The number of carbonyl (C=O) groups is 4. The molecule has 35 heavy (non-hydrogen) atoms. The Morgan fingerprint density at radius 3 is 2.40 bits per heavy atom. The molecule has 0 heterocycles. The fourth-order valence-electron chi connectivity index (χ4n) is 3.26. The SMILES string of the molecule is C=CCN(C(=O)C(CO)NC(=O)OC(C)(C)C)C(C(=O)NCCC(=O)OCC)c1ccccc1C. The molecule has 194 valence electrons. The third-order valence-corrected chi connectivity index (χ3v) is 4.76. The summed E-state index contributed by atoms with van der Waals surface area (Å²) in [4.78, 5) is 51.9. The van der Waals surface area contributed by atoms with Crippen molar-refractivity contribution in [2.24, 2.45) is 0 Å². The van der Waals surface area contributed by atoms with Gasteiger partial charge in [0.2, 0.25) is 11.8 Å². The maximum atomic E-state index is 13.5. The molecule has 1 aromatic carbocycles. The van der Waals surface area contributed by atoms with Crippen molar-refractivity contribution in [1.82, 2.24) is 15.5 Å². The lowest BCUT2D eigenvalue weighted by molar-refractivity contribution is -0.144. The summed E-state index contributed by atoms with van der Waals surface area (Å²) in [6.45, 7) is 11.7. The van der Waals surface area contributed by atoms with Crippen molar-refractivity contribution in [1.29, 1.82) is 0 Å². The molecule has 0 aromatic heterocycles. The van der Waals surface area contributed by atoms with E-state index in [0.717, 1.165) is 5.56 Å². The number of benzene rings is 1. The van der Waals surface area contributed by atoms with Gasteiger partial charge >= 0.3 is 12.1 Å². The lowest BCUT2D eigenvalue weighted by atomic mass is 9.98. The van der Waals surface area contributed by atoms with Crippen LogP contribution in [0.15, 0.2) is 36.9 Å². The molecule has 0 radical (unpaired) electrons. The lowest BCUT2D eigenvalue weighted by Gasteiger charge is -2.34. The van der Waals surface area contributed by atoms with Gasteiger partial charge in [-0.2, -0.15) is 0 Å². The minimum Gasteiger partial charge on any atom is -0.466 e. The van der Waals surface area contributed by atoms with E-state index in [1.54, 1.807) is 58.9 Å². The number of aryl methyl sites for hydroxylation is 1. The van der Waals surface area contributed by atoms with Crippen LogP contribution in [0.3, 0.4) is 0 Å². The minimum absolute atomic E-state index is 0.00968. The van der Waals surface area contributed by atoms with Crippen molar-refractivity contribution >= 4 is 23.9 Å². The highest BCUT2D eigenvalue weighted by atomic mass is 16.6. The number of nitrogens with zero attached hydrogens (tertiary/aromatic N) is 1. The smallest absolute Gasteiger partial charge is 0.408 e. The molecule has 0 aliphatic carbocycles. The quantitative estimate of drug-likeness (QED) is 0.301. The summed E-state index contributed by atoms with van der Waals surface area (Å²) in [5.74, 6) is -1.69. The first kappa shape index (κ1) is 29.6. The summed E-state index contributed by atoms with van der Waals surface area (Å²) < 4.78 is 10.1. The monoisotopic (exact) mass is 491 g/mol. The number of amides is 3. The molecule has 0 aliphatic heterocycles. The normalized spacial score (nSPS) is 12.6. The van der Waals surface area contributed by atoms with Crippen LogP contribution in [0.1, 0.15) is 51.3 Å². The Balaban J connectivity index is 3.26. The van der Waals surface area contributed by atoms with Crippen molar-refractivity contribution in [3.63, 3.8) is 0 Å². The Bertz CT molecular complexity index is 895. The molecule has 3 N–H and O–H groups in total. The predicted octanol–water partition coefficient (Wildman–Crippen LogP) is 2.01. The highest BCUT2D eigenvalue weighted by molar-refractivity contribution is 5.92. The van der Waals surface area contributed by atoms with Gasteiger partial charge in [-0.1, -0.05) is 30.3 Å². The molecule has 1 aromatic rings. The molecule has 0 aliphatic rings. The third kappa shape index (κ3) is 9.78. The maximum absolute atomic E-state index is 13.5. The standard InChI is InChI=1S/C25H37N3O7/c1-7-15-28(23(32)19(16-29)27-24(33)35-25(4,5)6)21(18-12-10-9-11-17(18)3)22(31)26-14-13-20(30)34-8-2/h7,9-12,19,21,29H,1,8,13-16H2,2-6H3,(H,26,31)(H,27,33). The molecule has 3 amide bonds. The van der Waals surface area contributed by atoms with Gasteiger partial charge in [-0.25, -0.2) is 4.79 Å². The van der Waals surface area contributed by atoms with Crippen molar-refractivity contribution in [3.05, 3.63) is 48.0 Å². The number of carbonyl (C=O) groups excluding carboxylic acids is 4. The van der Waals surface area contributed by atoms with Crippen LogP contribution < -0.4 is 10.6 Å². The molecular formula is C25H37N3O7. The molecule has 0 saturated carbocycles. The van der Waals surface area contributed by atoms with Crippen LogP contribution in [-0.4, -0.2) is 71.8 Å². The number of aliphatic hydroxyl groups excluding tert-OH is 1. The lowest BCUT2D eigenvalue weighted by Crippen LogP contribution is -2.54. The van der Waals surface area contributed by atoms with Crippen LogP contribution >= 0.6 is 0 Å². The number of rotatable bonds is 12. The van der Waals surface area contributed by atoms with Crippen molar-refractivity contribution in [2.45, 2.75) is 58.7 Å². The van der Waals surface area contributed by atoms with Crippen LogP contribution in [0.25, 0.3) is 0 Å². The molecule has 10 nitrogen and oxygen atoms in total. The van der Waals surface area contributed by atoms with Crippen molar-refractivity contribution in [2.75, 3.05) is 26.3 Å². The zero-order chi connectivity index (χ0) is 26.6. The van der Waals surface area contributed by atoms with Gasteiger partial charge < -0.3 is 30.1 Å². The average Bonchev–Trinajstić information content (AvgIpc) is 2.76. The highest BCUT2D eigenvalue weighted by Crippen LogP contribution is 2.25. The first-order valence-electron chi connectivity index (χ1n) is 11.5. The molecule has 0 spiro atoms. The van der Waals surface area contributed by atoms with E-state index >= 15 is 0 Å². The summed E-state index contributed by atoms with van der Waals surface area (Å²) >= 11 is 0. The molecule has 10 heteroatoms. The maximum Gasteiger partial charge on any atom is 0.408 e. The second-order valence-corrected chi connectivity index (χ2v) is 8.77. The Hall–Kier alpha value is -3.40. The number of esters is 1. The molecule has 0 fully saturated rings. The van der Waals surface area contributed by atoms with Gasteiger partial charge in [-0.15, -0.1) is 6.58 Å². The van der Waals surface area contributed by atoms with Crippen LogP contribution in [0.2, 0.25) is 0 Å². The van der Waals surface area contributed by atoms with Gasteiger partial charge in [0, 0.05) is 13.1 Å². The molecule has 1 rings (SSSR count). The predicted molar refractivity (Wildman–Crippen MR) is 130 cm³/mol. The molecule has 0 saturated heterocycles. The second-order valence-electron chi connectivity index (χ2n) is 8.77. The summed E-state index contributed by atoms with van der Waals surface area (Å²) in [6, 6.07) is 4.58. The molecular weight excluding hydrogens is 454 g/mol. The summed E-state index contributed by atoms with van der Waals surface area (Å²) in [5.41, 5.74) is 0.488. The Morgan fingerprint density at radius 1 is 1.20 bits per heavy atom. The number of ether oxygens (including phenoxy) is 2. The summed E-state index contributed by atoms with van der Waals surface area (Å²) in [5, 5.41) is 14.9. The third-order valence-electron chi connectivity index (χ3n) is 4.76. The van der Waals surface area contributed by atoms with Gasteiger partial charge in [0.15, 0.2) is 0 Å². The molecule has 2 atom stereocenters. The van der Waals surface area contributed by atoms with Gasteiger partial charge in [-0.3, -0.25) is 14.4 Å². The number of hydrogen-bond donors (Lipinski definition) is 3. The van der Waals surface area contributed by atoms with Crippen LogP contribution in [0, 0.1) is 6.92 Å². The molecule has 0 bridgehead atoms. The zero-order valence-corrected chi connectivity index (χ0v) is 21.1. The Morgan fingerprint density at radius 2 is 1.86 bits per heavy atom. The number of aliphatic hydroxyl groups is 1. The van der Waals surface area contributed by atoms with Crippen molar-refractivity contribution in [3.8, 4) is 0 Å².